The molecule has 2 unspecified atom stereocenters. The number of aryl methyl sites for hydroxylation is 1. The van der Waals surface area contributed by atoms with E-state index in [9.17, 15) is 9.18 Å². The Hall–Kier alpha value is -3.98. The van der Waals surface area contributed by atoms with E-state index in [-0.39, 0.29) is 17.7 Å². The molecular formula is C28H31FN6O2. The lowest BCUT2D eigenvalue weighted by Crippen LogP contribution is -2.71. The van der Waals surface area contributed by atoms with Gasteiger partial charge in [0.1, 0.15) is 11.6 Å². The molecule has 8 nitrogen and oxygen atoms in total. The number of amides is 1. The molecule has 192 valence electrons. The second kappa shape index (κ2) is 9.48. The summed E-state index contributed by atoms with van der Waals surface area (Å²) in [5.41, 5.74) is 3.21. The molecule has 0 spiro atoms. The van der Waals surface area contributed by atoms with Gasteiger partial charge in [-0.2, -0.15) is 0 Å². The van der Waals surface area contributed by atoms with Gasteiger partial charge in [-0.05, 0) is 62.2 Å². The molecule has 0 radical (unpaired) electrons. The summed E-state index contributed by atoms with van der Waals surface area (Å²) >= 11 is 0. The summed E-state index contributed by atoms with van der Waals surface area (Å²) in [7, 11) is 1.62. The monoisotopic (exact) mass is 502 g/mol. The Balaban J connectivity index is 1.58. The summed E-state index contributed by atoms with van der Waals surface area (Å²) in [5, 5.41) is 12.4. The van der Waals surface area contributed by atoms with Crippen LogP contribution in [0.25, 0.3) is 11.8 Å². The lowest BCUT2D eigenvalue weighted by atomic mass is 9.83. The minimum Gasteiger partial charge on any atom is -0.495 e. The van der Waals surface area contributed by atoms with Crippen LogP contribution in [0.15, 0.2) is 60.6 Å². The number of aromatic nitrogens is 2. The molecule has 2 atom stereocenters. The van der Waals surface area contributed by atoms with Gasteiger partial charge in [0.25, 0.3) is 5.91 Å². The Labute approximate surface area is 215 Å². The summed E-state index contributed by atoms with van der Waals surface area (Å²) in [5.74, 6) is 0.238. The lowest BCUT2D eigenvalue weighted by Gasteiger charge is -2.54. The van der Waals surface area contributed by atoms with Gasteiger partial charge in [0.05, 0.1) is 36.4 Å². The van der Waals surface area contributed by atoms with E-state index < -0.39 is 11.6 Å². The average molecular weight is 503 g/mol. The fourth-order valence-electron chi connectivity index (χ4n) is 5.22. The molecule has 0 aliphatic carbocycles. The van der Waals surface area contributed by atoms with E-state index in [1.54, 1.807) is 25.6 Å². The highest BCUT2D eigenvalue weighted by molar-refractivity contribution is 6.12. The molecule has 0 bridgehead atoms. The third-order valence-corrected chi connectivity index (χ3v) is 7.33. The number of guanidine groups is 1. The van der Waals surface area contributed by atoms with Crippen LogP contribution in [0.4, 0.5) is 4.39 Å². The molecule has 2 fully saturated rings. The molecular weight excluding hydrogens is 471 g/mol. The summed E-state index contributed by atoms with van der Waals surface area (Å²) in [6.07, 6.45) is 5.56. The van der Waals surface area contributed by atoms with Gasteiger partial charge in [-0.1, -0.05) is 18.2 Å². The molecule has 3 heterocycles. The van der Waals surface area contributed by atoms with E-state index in [1.807, 2.05) is 60.7 Å². The number of fused-ring (bicyclic) bond motifs is 1. The van der Waals surface area contributed by atoms with E-state index in [2.05, 4.69) is 10.3 Å². The highest BCUT2D eigenvalue weighted by Gasteiger charge is 2.50. The maximum Gasteiger partial charge on any atom is 0.259 e. The van der Waals surface area contributed by atoms with E-state index in [1.165, 1.54) is 17.0 Å². The van der Waals surface area contributed by atoms with Gasteiger partial charge in [0.2, 0.25) is 5.96 Å². The third-order valence-electron chi connectivity index (χ3n) is 7.33. The predicted octanol–water partition coefficient (Wildman–Crippen LogP) is 3.91. The van der Waals surface area contributed by atoms with E-state index >= 15 is 0 Å². The van der Waals surface area contributed by atoms with Gasteiger partial charge in [-0.15, -0.1) is 0 Å². The number of benzene rings is 2. The second-order valence-electron chi connectivity index (χ2n) is 9.74. The number of halogens is 1. The molecule has 9 heteroatoms. The summed E-state index contributed by atoms with van der Waals surface area (Å²) in [4.78, 5) is 21.9. The first kappa shape index (κ1) is 24.7. The average Bonchev–Trinajstić information content (AvgIpc) is 3.32. The molecule has 2 aromatic carbocycles. The molecule has 1 amide bonds. The number of carbonyl (C=O) groups is 1. The van der Waals surface area contributed by atoms with Crippen LogP contribution in [-0.4, -0.2) is 63.5 Å². The van der Waals surface area contributed by atoms with Crippen LogP contribution in [0.2, 0.25) is 0 Å². The smallest absolute Gasteiger partial charge is 0.259 e. The SMILES string of the molecule is COc1cc(/C=C2/C(=O)N(C(C)c3ccc(F)cc3)C(=N)N3CCNCC23C)ccc1-n1cnc(C)c1. The third kappa shape index (κ3) is 4.29. The maximum atomic E-state index is 14.1. The zero-order chi connectivity index (χ0) is 26.3. The van der Waals surface area contributed by atoms with Gasteiger partial charge in [-0.3, -0.25) is 15.1 Å². The normalized spacial score (nSPS) is 21.8. The summed E-state index contributed by atoms with van der Waals surface area (Å²) in [6.45, 7) is 7.64. The molecule has 2 saturated heterocycles. The van der Waals surface area contributed by atoms with Crippen LogP contribution in [0, 0.1) is 18.2 Å². The topological polar surface area (TPSA) is 86.5 Å². The van der Waals surface area contributed by atoms with Gasteiger partial charge in [-0.25, -0.2) is 9.37 Å². The maximum absolute atomic E-state index is 14.1. The van der Waals surface area contributed by atoms with Crippen molar-refractivity contribution in [2.45, 2.75) is 32.4 Å². The van der Waals surface area contributed by atoms with Crippen molar-refractivity contribution in [3.63, 3.8) is 0 Å². The van der Waals surface area contributed by atoms with Crippen molar-refractivity contribution in [2.75, 3.05) is 26.7 Å². The fourth-order valence-corrected chi connectivity index (χ4v) is 5.22. The molecule has 1 aromatic heterocycles. The highest BCUT2D eigenvalue weighted by atomic mass is 19.1. The molecule has 37 heavy (non-hydrogen) atoms. The first-order valence-corrected chi connectivity index (χ1v) is 12.3. The number of nitrogens with one attached hydrogen (secondary N) is 2. The predicted molar refractivity (Wildman–Crippen MR) is 140 cm³/mol. The number of nitrogens with zero attached hydrogens (tertiary/aromatic N) is 4. The van der Waals surface area contributed by atoms with Gasteiger partial charge in [0.15, 0.2) is 0 Å². The molecule has 2 aliphatic rings. The van der Waals surface area contributed by atoms with Crippen LogP contribution in [-0.2, 0) is 4.79 Å². The molecule has 2 aliphatic heterocycles. The number of hydrogen-bond acceptors (Lipinski definition) is 5. The zero-order valence-electron chi connectivity index (χ0n) is 21.5. The van der Waals surface area contributed by atoms with Crippen LogP contribution in [0.5, 0.6) is 5.75 Å². The minimum absolute atomic E-state index is 0.159. The van der Waals surface area contributed by atoms with Crippen LogP contribution in [0.3, 0.4) is 0 Å². The van der Waals surface area contributed by atoms with Crippen LogP contribution in [0.1, 0.15) is 36.7 Å². The zero-order valence-corrected chi connectivity index (χ0v) is 21.5. The molecule has 2 N–H and O–H groups in total. The number of methoxy groups -OCH3 is 1. The molecule has 3 aromatic rings. The van der Waals surface area contributed by atoms with Crippen molar-refractivity contribution in [3.8, 4) is 11.4 Å². The van der Waals surface area contributed by atoms with Gasteiger partial charge >= 0.3 is 0 Å². The number of rotatable bonds is 5. The lowest BCUT2D eigenvalue weighted by molar-refractivity contribution is -0.129. The number of carbonyl (C=O) groups excluding carboxylic acids is 1. The van der Waals surface area contributed by atoms with Gasteiger partial charge in [0, 0.05) is 31.4 Å². The van der Waals surface area contributed by atoms with E-state index in [0.29, 0.717) is 31.0 Å². The second-order valence-corrected chi connectivity index (χ2v) is 9.74. The van der Waals surface area contributed by atoms with E-state index in [0.717, 1.165) is 22.5 Å². The number of piperazine rings is 1. The van der Waals surface area contributed by atoms with Gasteiger partial charge < -0.3 is 19.5 Å². The minimum atomic E-state index is -0.696. The summed E-state index contributed by atoms with van der Waals surface area (Å²) in [6, 6.07) is 11.4. The number of hydrogen-bond donors (Lipinski definition) is 2. The molecule has 5 rings (SSSR count). The Bertz CT molecular complexity index is 1380. The first-order valence-electron chi connectivity index (χ1n) is 12.3. The Morgan fingerprint density at radius 1 is 1.24 bits per heavy atom. The molecule has 0 saturated carbocycles. The number of imidazole rings is 1. The van der Waals surface area contributed by atoms with Crippen LogP contribution >= 0.6 is 0 Å². The Morgan fingerprint density at radius 3 is 2.68 bits per heavy atom. The van der Waals surface area contributed by atoms with E-state index in [4.69, 9.17) is 10.1 Å². The largest absolute Gasteiger partial charge is 0.495 e. The van der Waals surface area contributed by atoms with Crippen LogP contribution < -0.4 is 10.1 Å². The first-order chi connectivity index (χ1) is 17.7. The van der Waals surface area contributed by atoms with Crippen molar-refractivity contribution in [2.24, 2.45) is 0 Å². The standard InChI is InChI=1S/C28H31FN6O2/c1-18-15-33(17-32-18)24-10-5-20(14-25(24)37-4)13-23-26(36)35(19(2)21-6-8-22(29)9-7-21)27(30)34-12-11-31-16-28(23,34)3/h5-10,13-15,17,19,30-31H,11-12,16H2,1-4H3/b23-13-,30-27?. The van der Waals surface area contributed by atoms with Crippen molar-refractivity contribution in [1.29, 1.82) is 5.41 Å². The highest BCUT2D eigenvalue weighted by Crippen LogP contribution is 2.38. The summed E-state index contributed by atoms with van der Waals surface area (Å²) < 4.78 is 21.1. The quantitative estimate of drug-likeness (QED) is 0.517. The number of ether oxygens (including phenoxy) is 1. The van der Waals surface area contributed by atoms with Crippen molar-refractivity contribution < 1.29 is 13.9 Å². The Morgan fingerprint density at radius 2 is 2.00 bits per heavy atom. The van der Waals surface area contributed by atoms with Crippen molar-refractivity contribution in [1.82, 2.24) is 24.7 Å². The fraction of sp³-hybridized carbons (Fsp3) is 0.321. The Kier molecular flexibility index (Phi) is 6.33. The van der Waals surface area contributed by atoms with Crippen molar-refractivity contribution >= 4 is 17.9 Å². The van der Waals surface area contributed by atoms with Crippen molar-refractivity contribution in [3.05, 3.63) is 83.2 Å².